The van der Waals surface area contributed by atoms with Crippen molar-refractivity contribution in [1.82, 2.24) is 9.62 Å². The molecule has 6 nitrogen and oxygen atoms in total. The largest absolute Gasteiger partial charge is 0.497 e. The van der Waals surface area contributed by atoms with Crippen LogP contribution in [0, 0.1) is 0 Å². The Morgan fingerprint density at radius 2 is 1.73 bits per heavy atom. The minimum atomic E-state index is -3.68. The molecule has 4 rings (SSSR count). The zero-order chi connectivity index (χ0) is 21.1. The molecule has 0 spiro atoms. The number of amides is 1. The number of likely N-dealkylation sites (tertiary alicyclic amines) is 1. The standard InChI is InChI=1S/C23H24N2O4S/c1-29-21-10-8-18-14-22(11-9-17(18)13-21)30(27,28)24-15-19-5-2-3-6-20(19)16-25-12-4-7-23(25)26/h2-3,5-6,8-11,13-14,24H,4,7,12,15-16H2,1H3. The second-order valence-corrected chi connectivity index (χ2v) is 9.15. The summed E-state index contributed by atoms with van der Waals surface area (Å²) in [5, 5.41) is 1.74. The van der Waals surface area contributed by atoms with Crippen LogP contribution in [0.25, 0.3) is 10.8 Å². The molecule has 1 aliphatic heterocycles. The molecule has 1 fully saturated rings. The van der Waals surface area contributed by atoms with E-state index >= 15 is 0 Å². The number of sulfonamides is 1. The molecular weight excluding hydrogens is 400 g/mol. The first-order valence-corrected chi connectivity index (χ1v) is 11.4. The second kappa shape index (κ2) is 8.45. The minimum absolute atomic E-state index is 0.151. The van der Waals surface area contributed by atoms with Crippen molar-refractivity contribution in [1.29, 1.82) is 0 Å². The first-order chi connectivity index (χ1) is 14.5. The Labute approximate surface area is 176 Å². The molecule has 1 heterocycles. The Morgan fingerprint density at radius 1 is 1.00 bits per heavy atom. The van der Waals surface area contributed by atoms with Gasteiger partial charge < -0.3 is 9.64 Å². The quantitative estimate of drug-likeness (QED) is 0.630. The fourth-order valence-electron chi connectivity index (χ4n) is 3.71. The van der Waals surface area contributed by atoms with Crippen LogP contribution in [0.5, 0.6) is 5.75 Å². The lowest BCUT2D eigenvalue weighted by atomic mass is 10.1. The lowest BCUT2D eigenvalue weighted by Gasteiger charge is -2.18. The highest BCUT2D eigenvalue weighted by Crippen LogP contribution is 2.24. The normalized spacial score (nSPS) is 14.4. The van der Waals surface area contributed by atoms with E-state index in [1.807, 2.05) is 47.4 Å². The van der Waals surface area contributed by atoms with Gasteiger partial charge in [0.25, 0.3) is 0 Å². The molecular formula is C23H24N2O4S. The molecule has 30 heavy (non-hydrogen) atoms. The van der Waals surface area contributed by atoms with E-state index < -0.39 is 10.0 Å². The predicted molar refractivity (Wildman–Crippen MR) is 116 cm³/mol. The van der Waals surface area contributed by atoms with Gasteiger partial charge in [0.05, 0.1) is 12.0 Å². The molecule has 1 aliphatic rings. The number of ether oxygens (including phenoxy) is 1. The zero-order valence-corrected chi connectivity index (χ0v) is 17.6. The van der Waals surface area contributed by atoms with Crippen LogP contribution in [-0.4, -0.2) is 32.9 Å². The van der Waals surface area contributed by atoms with Crippen molar-refractivity contribution in [2.24, 2.45) is 0 Å². The number of rotatable bonds is 7. The second-order valence-electron chi connectivity index (χ2n) is 7.39. The molecule has 0 bridgehead atoms. The molecule has 0 radical (unpaired) electrons. The van der Waals surface area contributed by atoms with Gasteiger partial charge in [-0.3, -0.25) is 4.79 Å². The van der Waals surface area contributed by atoms with Crippen LogP contribution in [-0.2, 0) is 27.9 Å². The Bertz CT molecular complexity index is 1190. The Hall–Kier alpha value is -2.90. The van der Waals surface area contributed by atoms with E-state index in [9.17, 15) is 13.2 Å². The monoisotopic (exact) mass is 424 g/mol. The molecule has 0 aromatic heterocycles. The van der Waals surface area contributed by atoms with Crippen molar-refractivity contribution < 1.29 is 17.9 Å². The summed E-state index contributed by atoms with van der Waals surface area (Å²) < 4.78 is 33.7. The summed E-state index contributed by atoms with van der Waals surface area (Å²) in [7, 11) is -2.08. The summed E-state index contributed by atoms with van der Waals surface area (Å²) >= 11 is 0. The van der Waals surface area contributed by atoms with E-state index in [2.05, 4.69) is 4.72 Å². The number of carbonyl (C=O) groups is 1. The SMILES string of the molecule is COc1ccc2cc(S(=O)(=O)NCc3ccccc3CN3CCCC3=O)ccc2c1. The van der Waals surface area contributed by atoms with Gasteiger partial charge >= 0.3 is 0 Å². The fourth-order valence-corrected chi connectivity index (χ4v) is 4.75. The summed E-state index contributed by atoms with van der Waals surface area (Å²) in [6, 6.07) is 18.2. The number of fused-ring (bicyclic) bond motifs is 1. The maximum atomic E-state index is 12.9. The van der Waals surface area contributed by atoms with Crippen molar-refractivity contribution in [2.75, 3.05) is 13.7 Å². The molecule has 3 aromatic carbocycles. The molecule has 7 heteroatoms. The first kappa shape index (κ1) is 20.4. The first-order valence-electron chi connectivity index (χ1n) is 9.88. The molecule has 1 saturated heterocycles. The van der Waals surface area contributed by atoms with Crippen molar-refractivity contribution in [2.45, 2.75) is 30.8 Å². The van der Waals surface area contributed by atoms with E-state index in [4.69, 9.17) is 4.74 Å². The third kappa shape index (κ3) is 4.32. The van der Waals surface area contributed by atoms with E-state index in [0.717, 1.165) is 40.6 Å². The molecule has 0 aliphatic carbocycles. The zero-order valence-electron chi connectivity index (χ0n) is 16.8. The summed E-state index contributed by atoms with van der Waals surface area (Å²) in [5.74, 6) is 0.877. The minimum Gasteiger partial charge on any atom is -0.497 e. The highest BCUT2D eigenvalue weighted by Gasteiger charge is 2.21. The highest BCUT2D eigenvalue weighted by atomic mass is 32.2. The molecule has 1 amide bonds. The van der Waals surface area contributed by atoms with Crippen LogP contribution in [0.1, 0.15) is 24.0 Å². The van der Waals surface area contributed by atoms with Gasteiger partial charge in [0.15, 0.2) is 0 Å². The Kier molecular flexibility index (Phi) is 5.74. The summed E-state index contributed by atoms with van der Waals surface area (Å²) in [5.41, 5.74) is 1.83. The van der Waals surface area contributed by atoms with Gasteiger partial charge in [-0.25, -0.2) is 13.1 Å². The van der Waals surface area contributed by atoms with Crippen molar-refractivity contribution in [3.05, 3.63) is 71.8 Å². The van der Waals surface area contributed by atoms with Gasteiger partial charge in [-0.1, -0.05) is 36.4 Å². The van der Waals surface area contributed by atoms with Crippen LogP contribution in [0.3, 0.4) is 0 Å². The summed E-state index contributed by atoms with van der Waals surface area (Å²) in [6.07, 6.45) is 1.46. The van der Waals surface area contributed by atoms with Gasteiger partial charge in [-0.2, -0.15) is 0 Å². The van der Waals surface area contributed by atoms with E-state index in [1.165, 1.54) is 0 Å². The fraction of sp³-hybridized carbons (Fsp3) is 0.261. The number of methoxy groups -OCH3 is 1. The summed E-state index contributed by atoms with van der Waals surface area (Å²) in [6.45, 7) is 1.43. The average molecular weight is 425 g/mol. The van der Waals surface area contributed by atoms with Crippen LogP contribution in [0.4, 0.5) is 0 Å². The van der Waals surface area contributed by atoms with Crippen LogP contribution in [0.15, 0.2) is 65.6 Å². The van der Waals surface area contributed by atoms with E-state index in [1.54, 1.807) is 25.3 Å². The lowest BCUT2D eigenvalue weighted by Crippen LogP contribution is -2.27. The van der Waals surface area contributed by atoms with Crippen molar-refractivity contribution in [3.8, 4) is 5.75 Å². The van der Waals surface area contributed by atoms with Gasteiger partial charge in [-0.15, -0.1) is 0 Å². The van der Waals surface area contributed by atoms with Gasteiger partial charge in [0.2, 0.25) is 15.9 Å². The maximum absolute atomic E-state index is 12.9. The molecule has 0 atom stereocenters. The third-order valence-corrected chi connectivity index (χ3v) is 6.83. The van der Waals surface area contributed by atoms with Gasteiger partial charge in [0.1, 0.15) is 5.75 Å². The third-order valence-electron chi connectivity index (χ3n) is 5.43. The van der Waals surface area contributed by atoms with E-state index in [0.29, 0.717) is 13.0 Å². The maximum Gasteiger partial charge on any atom is 0.240 e. The van der Waals surface area contributed by atoms with E-state index in [-0.39, 0.29) is 17.3 Å². The number of nitrogens with one attached hydrogen (secondary N) is 1. The van der Waals surface area contributed by atoms with Crippen molar-refractivity contribution in [3.63, 3.8) is 0 Å². The molecule has 3 aromatic rings. The van der Waals surface area contributed by atoms with Crippen LogP contribution >= 0.6 is 0 Å². The van der Waals surface area contributed by atoms with Crippen LogP contribution in [0.2, 0.25) is 0 Å². The van der Waals surface area contributed by atoms with Gasteiger partial charge in [0, 0.05) is 26.1 Å². The van der Waals surface area contributed by atoms with Crippen LogP contribution < -0.4 is 9.46 Å². The molecule has 0 unspecified atom stereocenters. The number of hydrogen-bond donors (Lipinski definition) is 1. The molecule has 1 N–H and O–H groups in total. The van der Waals surface area contributed by atoms with Gasteiger partial charge in [-0.05, 0) is 52.6 Å². The molecule has 0 saturated carbocycles. The average Bonchev–Trinajstić information content (AvgIpc) is 3.16. The Balaban J connectivity index is 1.52. The number of benzene rings is 3. The number of nitrogens with zero attached hydrogens (tertiary/aromatic N) is 1. The van der Waals surface area contributed by atoms with Crippen molar-refractivity contribution >= 4 is 26.7 Å². The smallest absolute Gasteiger partial charge is 0.240 e. The predicted octanol–water partition coefficient (Wildman–Crippen LogP) is 3.45. The number of hydrogen-bond acceptors (Lipinski definition) is 4. The summed E-state index contributed by atoms with van der Waals surface area (Å²) in [4.78, 5) is 14.0. The highest BCUT2D eigenvalue weighted by molar-refractivity contribution is 7.89. The lowest BCUT2D eigenvalue weighted by molar-refractivity contribution is -0.128. The molecule has 156 valence electrons. The Morgan fingerprint density at radius 3 is 2.47 bits per heavy atom. The topological polar surface area (TPSA) is 75.7 Å². The number of carbonyl (C=O) groups excluding carboxylic acids is 1.